The average molecular weight is 405 g/mol. The fourth-order valence-electron chi connectivity index (χ4n) is 3.24. The van der Waals surface area contributed by atoms with Crippen LogP contribution in [0, 0.1) is 0 Å². The first kappa shape index (κ1) is 20.7. The molecule has 1 N–H and O–H groups in total. The first-order valence-corrected chi connectivity index (χ1v) is 10.5. The highest BCUT2D eigenvalue weighted by Crippen LogP contribution is 2.16. The van der Waals surface area contributed by atoms with E-state index in [9.17, 15) is 4.79 Å². The molecule has 1 amide bonds. The van der Waals surface area contributed by atoms with Gasteiger partial charge in [-0.3, -0.25) is 9.69 Å². The van der Waals surface area contributed by atoms with E-state index in [4.69, 9.17) is 9.47 Å². The number of aromatic nitrogens is 2. The van der Waals surface area contributed by atoms with Crippen LogP contribution in [0.4, 0.5) is 0 Å². The fraction of sp³-hybridized carbons (Fsp3) is 0.550. The minimum atomic E-state index is -0.128. The molecule has 0 saturated carbocycles. The third-order valence-electron chi connectivity index (χ3n) is 4.98. The van der Waals surface area contributed by atoms with Crippen molar-refractivity contribution in [3.63, 3.8) is 0 Å². The summed E-state index contributed by atoms with van der Waals surface area (Å²) in [6, 6.07) is 8.42. The van der Waals surface area contributed by atoms with Crippen molar-refractivity contribution in [2.45, 2.75) is 38.8 Å². The number of carbonyl (C=O) groups excluding carboxylic acids is 1. The third kappa shape index (κ3) is 5.73. The lowest BCUT2D eigenvalue weighted by Crippen LogP contribution is -2.38. The zero-order valence-corrected chi connectivity index (χ0v) is 17.3. The number of ether oxygens (including phenoxy) is 2. The SMILES string of the molecule is CCc1nnsc1C(=O)NCc1cccc(OCCN(C)C2CCOCC2)c1. The smallest absolute Gasteiger partial charge is 0.265 e. The van der Waals surface area contributed by atoms with Crippen LogP contribution in [-0.2, 0) is 17.7 Å². The van der Waals surface area contributed by atoms with Gasteiger partial charge in [-0.15, -0.1) is 5.10 Å². The van der Waals surface area contributed by atoms with Crippen molar-refractivity contribution in [1.82, 2.24) is 19.8 Å². The lowest BCUT2D eigenvalue weighted by atomic mass is 10.1. The van der Waals surface area contributed by atoms with Gasteiger partial charge in [-0.1, -0.05) is 23.5 Å². The highest BCUT2D eigenvalue weighted by Gasteiger charge is 2.18. The molecule has 28 heavy (non-hydrogen) atoms. The summed E-state index contributed by atoms with van der Waals surface area (Å²) in [5, 5.41) is 6.92. The Bertz CT molecular complexity index is 761. The van der Waals surface area contributed by atoms with Crippen molar-refractivity contribution < 1.29 is 14.3 Å². The van der Waals surface area contributed by atoms with Crippen molar-refractivity contribution in [2.24, 2.45) is 0 Å². The number of hydrogen-bond donors (Lipinski definition) is 1. The maximum absolute atomic E-state index is 12.3. The Labute approximate surface area is 170 Å². The Kier molecular flexibility index (Phi) is 7.76. The second kappa shape index (κ2) is 10.5. The second-order valence-corrected chi connectivity index (χ2v) is 7.66. The summed E-state index contributed by atoms with van der Waals surface area (Å²) in [6.45, 7) is 5.62. The van der Waals surface area contributed by atoms with Gasteiger partial charge in [0, 0.05) is 32.3 Å². The summed E-state index contributed by atoms with van der Waals surface area (Å²) in [4.78, 5) is 15.3. The van der Waals surface area contributed by atoms with Gasteiger partial charge in [-0.05, 0) is 55.5 Å². The zero-order valence-electron chi connectivity index (χ0n) is 16.5. The highest BCUT2D eigenvalue weighted by molar-refractivity contribution is 7.08. The fourth-order valence-corrected chi connectivity index (χ4v) is 3.90. The summed E-state index contributed by atoms with van der Waals surface area (Å²) in [6.07, 6.45) is 2.87. The van der Waals surface area contributed by atoms with E-state index >= 15 is 0 Å². The van der Waals surface area contributed by atoms with Gasteiger partial charge < -0.3 is 14.8 Å². The molecule has 1 aromatic heterocycles. The van der Waals surface area contributed by atoms with E-state index in [1.165, 1.54) is 0 Å². The van der Waals surface area contributed by atoms with E-state index in [0.29, 0.717) is 30.5 Å². The Balaban J connectivity index is 1.45. The van der Waals surface area contributed by atoms with Crippen LogP contribution in [0.3, 0.4) is 0 Å². The molecular formula is C20H28N4O3S. The number of hydrogen-bond acceptors (Lipinski definition) is 7. The van der Waals surface area contributed by atoms with Gasteiger partial charge in [0.2, 0.25) is 0 Å². The van der Waals surface area contributed by atoms with Crippen LogP contribution in [0.5, 0.6) is 5.75 Å². The maximum Gasteiger partial charge on any atom is 0.265 e. The quantitative estimate of drug-likeness (QED) is 0.692. The van der Waals surface area contributed by atoms with Crippen LogP contribution >= 0.6 is 11.5 Å². The Morgan fingerprint density at radius 2 is 2.21 bits per heavy atom. The molecule has 3 rings (SSSR count). The van der Waals surface area contributed by atoms with E-state index in [1.54, 1.807) is 0 Å². The molecule has 1 saturated heterocycles. The van der Waals surface area contributed by atoms with Crippen molar-refractivity contribution in [2.75, 3.05) is 33.4 Å². The molecule has 0 aliphatic carbocycles. The number of nitrogens with zero attached hydrogens (tertiary/aromatic N) is 3. The molecule has 1 fully saturated rings. The van der Waals surface area contributed by atoms with E-state index in [0.717, 1.165) is 61.1 Å². The predicted molar refractivity (Wildman–Crippen MR) is 109 cm³/mol. The summed E-state index contributed by atoms with van der Waals surface area (Å²) >= 11 is 1.14. The number of rotatable bonds is 9. The molecule has 2 aromatic rings. The Hall–Kier alpha value is -2.03. The molecule has 0 radical (unpaired) electrons. The number of benzene rings is 1. The lowest BCUT2D eigenvalue weighted by molar-refractivity contribution is 0.0392. The number of nitrogens with one attached hydrogen (secondary N) is 1. The van der Waals surface area contributed by atoms with Crippen molar-refractivity contribution in [1.29, 1.82) is 0 Å². The molecule has 0 bridgehead atoms. The second-order valence-electron chi connectivity index (χ2n) is 6.91. The molecule has 7 nitrogen and oxygen atoms in total. The largest absolute Gasteiger partial charge is 0.492 e. The zero-order chi connectivity index (χ0) is 19.8. The van der Waals surface area contributed by atoms with E-state index in [1.807, 2.05) is 31.2 Å². The van der Waals surface area contributed by atoms with E-state index < -0.39 is 0 Å². The van der Waals surface area contributed by atoms with E-state index in [-0.39, 0.29) is 5.91 Å². The lowest BCUT2D eigenvalue weighted by Gasteiger charge is -2.31. The number of likely N-dealkylation sites (N-methyl/N-ethyl adjacent to an activating group) is 1. The third-order valence-corrected chi connectivity index (χ3v) is 5.74. The number of aryl methyl sites for hydroxylation is 1. The van der Waals surface area contributed by atoms with Crippen LogP contribution in [0.1, 0.15) is 40.7 Å². The summed E-state index contributed by atoms with van der Waals surface area (Å²) in [7, 11) is 2.14. The molecule has 0 atom stereocenters. The van der Waals surface area contributed by atoms with Gasteiger partial charge in [0.15, 0.2) is 0 Å². The van der Waals surface area contributed by atoms with Crippen LogP contribution in [0.2, 0.25) is 0 Å². The molecule has 1 aliphatic rings. The van der Waals surface area contributed by atoms with Gasteiger partial charge in [0.05, 0.1) is 5.69 Å². The average Bonchev–Trinajstić information content (AvgIpc) is 3.22. The molecule has 8 heteroatoms. The van der Waals surface area contributed by atoms with Crippen molar-refractivity contribution in [3.05, 3.63) is 40.4 Å². The molecule has 0 unspecified atom stereocenters. The molecular weight excluding hydrogens is 376 g/mol. The van der Waals surface area contributed by atoms with Crippen LogP contribution in [0.15, 0.2) is 24.3 Å². The maximum atomic E-state index is 12.3. The standard InChI is InChI=1S/C20H28N4O3S/c1-3-18-19(28-23-22-18)20(25)21-14-15-5-4-6-17(13-15)27-12-9-24(2)16-7-10-26-11-8-16/h4-6,13,16H,3,7-12,14H2,1-2H3,(H,21,25). The van der Waals surface area contributed by atoms with Crippen molar-refractivity contribution >= 4 is 17.4 Å². The van der Waals surface area contributed by atoms with Crippen LogP contribution in [-0.4, -0.2) is 59.8 Å². The summed E-state index contributed by atoms with van der Waals surface area (Å²) in [5.41, 5.74) is 1.74. The van der Waals surface area contributed by atoms with Gasteiger partial charge in [-0.25, -0.2) is 0 Å². The molecule has 152 valence electrons. The van der Waals surface area contributed by atoms with Crippen LogP contribution in [0.25, 0.3) is 0 Å². The number of carbonyl (C=O) groups is 1. The topological polar surface area (TPSA) is 76.6 Å². The van der Waals surface area contributed by atoms with Gasteiger partial charge in [-0.2, -0.15) is 0 Å². The minimum absolute atomic E-state index is 0.128. The summed E-state index contributed by atoms with van der Waals surface area (Å²) < 4.78 is 15.2. The monoisotopic (exact) mass is 404 g/mol. The molecule has 2 heterocycles. The van der Waals surface area contributed by atoms with Crippen molar-refractivity contribution in [3.8, 4) is 5.75 Å². The highest BCUT2D eigenvalue weighted by atomic mass is 32.1. The van der Waals surface area contributed by atoms with E-state index in [2.05, 4.69) is 26.9 Å². The first-order chi connectivity index (χ1) is 13.7. The predicted octanol–water partition coefficient (Wildman–Crippen LogP) is 2.52. The molecule has 1 aliphatic heterocycles. The summed E-state index contributed by atoms with van der Waals surface area (Å²) in [5.74, 6) is 0.692. The van der Waals surface area contributed by atoms with Crippen LogP contribution < -0.4 is 10.1 Å². The first-order valence-electron chi connectivity index (χ1n) is 9.76. The Morgan fingerprint density at radius 1 is 1.39 bits per heavy atom. The normalized spacial score (nSPS) is 15.0. The molecule has 0 spiro atoms. The Morgan fingerprint density at radius 3 is 3.00 bits per heavy atom. The molecule has 1 aromatic carbocycles. The van der Waals surface area contributed by atoms with Gasteiger partial charge in [0.25, 0.3) is 5.91 Å². The number of amides is 1. The van der Waals surface area contributed by atoms with Gasteiger partial charge in [0.1, 0.15) is 17.2 Å². The minimum Gasteiger partial charge on any atom is -0.492 e. The van der Waals surface area contributed by atoms with Gasteiger partial charge >= 0.3 is 0 Å².